The highest BCUT2D eigenvalue weighted by Crippen LogP contribution is 2.40. The summed E-state index contributed by atoms with van der Waals surface area (Å²) in [5, 5.41) is 13.7. The lowest BCUT2D eigenvalue weighted by Gasteiger charge is -2.36. The van der Waals surface area contributed by atoms with Gasteiger partial charge in [0.05, 0.1) is 6.61 Å². The van der Waals surface area contributed by atoms with Crippen LogP contribution in [-0.4, -0.2) is 47.8 Å². The summed E-state index contributed by atoms with van der Waals surface area (Å²) in [6, 6.07) is 0.902. The Labute approximate surface area is 130 Å². The van der Waals surface area contributed by atoms with Crippen molar-refractivity contribution in [3.8, 4) is 0 Å². The van der Waals surface area contributed by atoms with E-state index < -0.39 is 0 Å². The highest BCUT2D eigenvalue weighted by atomic mass is 16.3. The topological polar surface area (TPSA) is 35.5 Å². The van der Waals surface area contributed by atoms with E-state index in [9.17, 15) is 5.11 Å². The fraction of sp³-hybridized carbons (Fsp3) is 1.00. The van der Waals surface area contributed by atoms with Crippen LogP contribution in [0, 0.1) is 11.8 Å². The third-order valence-electron chi connectivity index (χ3n) is 5.98. The van der Waals surface area contributed by atoms with Gasteiger partial charge in [0, 0.05) is 18.1 Å². The molecule has 3 aliphatic carbocycles. The lowest BCUT2D eigenvalue weighted by Crippen LogP contribution is -2.52. The second-order valence-corrected chi connectivity index (χ2v) is 7.79. The van der Waals surface area contributed by atoms with E-state index in [-0.39, 0.29) is 5.54 Å². The Morgan fingerprint density at radius 3 is 2.62 bits per heavy atom. The Morgan fingerprint density at radius 1 is 1.19 bits per heavy atom. The van der Waals surface area contributed by atoms with Gasteiger partial charge in [-0.3, -0.25) is 0 Å². The Kier molecular flexibility index (Phi) is 5.23. The van der Waals surface area contributed by atoms with Crippen molar-refractivity contribution in [2.75, 3.05) is 26.2 Å². The molecule has 0 bridgehead atoms. The van der Waals surface area contributed by atoms with Gasteiger partial charge in [-0.2, -0.15) is 0 Å². The molecule has 0 aromatic carbocycles. The van der Waals surface area contributed by atoms with E-state index in [2.05, 4.69) is 17.1 Å². The van der Waals surface area contributed by atoms with Gasteiger partial charge in [0.2, 0.25) is 0 Å². The van der Waals surface area contributed by atoms with Crippen LogP contribution in [0.15, 0.2) is 0 Å². The van der Waals surface area contributed by atoms with Crippen LogP contribution in [0.1, 0.15) is 64.7 Å². The summed E-state index contributed by atoms with van der Waals surface area (Å²) in [6.07, 6.45) is 12.0. The number of aliphatic hydroxyl groups is 1. The van der Waals surface area contributed by atoms with Crippen LogP contribution in [-0.2, 0) is 0 Å². The number of nitrogens with one attached hydrogen (secondary N) is 1. The van der Waals surface area contributed by atoms with Gasteiger partial charge in [0.1, 0.15) is 0 Å². The second kappa shape index (κ2) is 6.97. The zero-order valence-electron chi connectivity index (χ0n) is 13.8. The molecular weight excluding hydrogens is 260 g/mol. The van der Waals surface area contributed by atoms with Crippen molar-refractivity contribution >= 4 is 0 Å². The molecule has 0 aromatic heterocycles. The summed E-state index contributed by atoms with van der Waals surface area (Å²) in [7, 11) is 0. The highest BCUT2D eigenvalue weighted by molar-refractivity contribution is 4.99. The molecular formula is C18H34N2O. The minimum absolute atomic E-state index is 0.0326. The number of rotatable bonds is 10. The molecule has 3 nitrogen and oxygen atoms in total. The van der Waals surface area contributed by atoms with Gasteiger partial charge in [-0.15, -0.1) is 0 Å². The van der Waals surface area contributed by atoms with E-state index in [1.165, 1.54) is 64.5 Å². The Morgan fingerprint density at radius 2 is 2.00 bits per heavy atom. The number of aliphatic hydroxyl groups excluding tert-OH is 1. The predicted molar refractivity (Wildman–Crippen MR) is 87.4 cm³/mol. The average molecular weight is 294 g/mol. The maximum absolute atomic E-state index is 9.98. The van der Waals surface area contributed by atoms with E-state index in [1.54, 1.807) is 0 Å². The lowest BCUT2D eigenvalue weighted by atomic mass is 9.85. The molecule has 2 N–H and O–H groups in total. The molecule has 2 atom stereocenters. The van der Waals surface area contributed by atoms with Crippen molar-refractivity contribution in [2.45, 2.75) is 76.3 Å². The van der Waals surface area contributed by atoms with Crippen molar-refractivity contribution < 1.29 is 5.11 Å². The van der Waals surface area contributed by atoms with Crippen LogP contribution in [0.3, 0.4) is 0 Å². The minimum Gasteiger partial charge on any atom is -0.394 e. The maximum Gasteiger partial charge on any atom is 0.0616 e. The Bertz CT molecular complexity index is 327. The maximum atomic E-state index is 9.98. The third-order valence-corrected chi connectivity index (χ3v) is 5.98. The van der Waals surface area contributed by atoms with Crippen LogP contribution in [0.2, 0.25) is 0 Å². The predicted octanol–water partition coefficient (Wildman–Crippen LogP) is 2.78. The molecule has 3 rings (SSSR count). The van der Waals surface area contributed by atoms with Gasteiger partial charge < -0.3 is 15.3 Å². The summed E-state index contributed by atoms with van der Waals surface area (Å²) in [6.45, 7) is 6.20. The average Bonchev–Trinajstić information content (AvgIpc) is 3.40. The summed E-state index contributed by atoms with van der Waals surface area (Å²) < 4.78 is 0. The normalized spacial score (nSPS) is 33.0. The van der Waals surface area contributed by atoms with Crippen LogP contribution in [0.4, 0.5) is 0 Å². The molecule has 0 saturated heterocycles. The van der Waals surface area contributed by atoms with Crippen LogP contribution in [0.5, 0.6) is 0 Å². The zero-order chi connectivity index (χ0) is 14.7. The van der Waals surface area contributed by atoms with Crippen molar-refractivity contribution in [2.24, 2.45) is 11.8 Å². The molecule has 3 aliphatic rings. The smallest absolute Gasteiger partial charge is 0.0616 e. The van der Waals surface area contributed by atoms with E-state index in [4.69, 9.17) is 0 Å². The molecule has 0 spiro atoms. The zero-order valence-corrected chi connectivity index (χ0v) is 13.8. The van der Waals surface area contributed by atoms with Crippen molar-refractivity contribution in [3.05, 3.63) is 0 Å². The first kappa shape index (κ1) is 15.8. The third kappa shape index (κ3) is 4.00. The van der Waals surface area contributed by atoms with Gasteiger partial charge in [-0.05, 0) is 76.3 Å². The molecule has 3 fully saturated rings. The highest BCUT2D eigenvalue weighted by Gasteiger charge is 2.42. The van der Waals surface area contributed by atoms with E-state index in [0.29, 0.717) is 12.5 Å². The quantitative estimate of drug-likeness (QED) is 0.650. The van der Waals surface area contributed by atoms with Crippen LogP contribution in [0.25, 0.3) is 0 Å². The summed E-state index contributed by atoms with van der Waals surface area (Å²) in [4.78, 5) is 2.78. The van der Waals surface area contributed by atoms with Gasteiger partial charge in [-0.25, -0.2) is 0 Å². The van der Waals surface area contributed by atoms with Crippen molar-refractivity contribution in [1.82, 2.24) is 10.2 Å². The lowest BCUT2D eigenvalue weighted by molar-refractivity contribution is 0.109. The van der Waals surface area contributed by atoms with Crippen LogP contribution < -0.4 is 5.32 Å². The molecule has 2 unspecified atom stereocenters. The van der Waals surface area contributed by atoms with Crippen LogP contribution >= 0.6 is 0 Å². The monoisotopic (exact) mass is 294 g/mol. The molecule has 0 heterocycles. The number of nitrogens with zero attached hydrogens (tertiary/aromatic N) is 1. The first-order chi connectivity index (χ1) is 10.3. The molecule has 0 aromatic rings. The standard InChI is InChI=1S/C18H34N2O/c1-2-11-19-18(14-21)10-3-4-16(18)9-12-20(17-7-8-17)13-15-5-6-15/h15-17,19,21H,2-14H2,1H3. The Balaban J connectivity index is 1.51. The van der Waals surface area contributed by atoms with E-state index >= 15 is 0 Å². The fourth-order valence-electron chi connectivity index (χ4n) is 4.25. The van der Waals surface area contributed by atoms with E-state index in [0.717, 1.165) is 24.9 Å². The van der Waals surface area contributed by atoms with Gasteiger partial charge in [0.15, 0.2) is 0 Å². The summed E-state index contributed by atoms with van der Waals surface area (Å²) in [5.41, 5.74) is 0.0326. The van der Waals surface area contributed by atoms with Crippen molar-refractivity contribution in [3.63, 3.8) is 0 Å². The number of hydrogen-bond acceptors (Lipinski definition) is 3. The molecule has 0 radical (unpaired) electrons. The fourth-order valence-corrected chi connectivity index (χ4v) is 4.25. The molecule has 3 saturated carbocycles. The van der Waals surface area contributed by atoms with E-state index in [1.807, 2.05) is 0 Å². The molecule has 122 valence electrons. The van der Waals surface area contributed by atoms with Gasteiger partial charge >= 0.3 is 0 Å². The Hall–Kier alpha value is -0.120. The van der Waals surface area contributed by atoms with Gasteiger partial charge in [-0.1, -0.05) is 13.3 Å². The largest absolute Gasteiger partial charge is 0.394 e. The molecule has 3 heteroatoms. The summed E-state index contributed by atoms with van der Waals surface area (Å²) >= 11 is 0. The molecule has 0 amide bonds. The molecule has 21 heavy (non-hydrogen) atoms. The SMILES string of the molecule is CCCNC1(CO)CCCC1CCN(CC1CC1)C1CC1. The molecule has 0 aliphatic heterocycles. The van der Waals surface area contributed by atoms with Gasteiger partial charge in [0.25, 0.3) is 0 Å². The number of hydrogen-bond donors (Lipinski definition) is 2. The first-order valence-electron chi connectivity index (χ1n) is 9.37. The second-order valence-electron chi connectivity index (χ2n) is 7.79. The first-order valence-corrected chi connectivity index (χ1v) is 9.37. The minimum atomic E-state index is 0.0326. The summed E-state index contributed by atoms with van der Waals surface area (Å²) in [5.74, 6) is 1.68. The van der Waals surface area contributed by atoms with Crippen molar-refractivity contribution in [1.29, 1.82) is 0 Å².